The maximum absolute atomic E-state index is 10.4. The summed E-state index contributed by atoms with van der Waals surface area (Å²) in [6.07, 6.45) is 2.27. The molecule has 0 spiro atoms. The van der Waals surface area contributed by atoms with E-state index in [1.54, 1.807) is 17.0 Å². The molecule has 1 atom stereocenters. The molecule has 1 aromatic rings. The summed E-state index contributed by atoms with van der Waals surface area (Å²) in [6, 6.07) is 3.66. The van der Waals surface area contributed by atoms with Gasteiger partial charge in [0.15, 0.2) is 18.9 Å². The minimum absolute atomic E-state index is 0.0990. The summed E-state index contributed by atoms with van der Waals surface area (Å²) in [5, 5.41) is 9.31. The van der Waals surface area contributed by atoms with E-state index in [9.17, 15) is 18.1 Å². The molecule has 0 amide bonds. The summed E-state index contributed by atoms with van der Waals surface area (Å²) in [6.45, 7) is 2.02. The van der Waals surface area contributed by atoms with E-state index >= 15 is 0 Å². The number of aryl methyl sites for hydroxylation is 1. The summed E-state index contributed by atoms with van der Waals surface area (Å²) >= 11 is 0. The quantitative estimate of drug-likeness (QED) is 0.542. The fourth-order valence-electron chi connectivity index (χ4n) is 1.19. The molecule has 0 saturated heterocycles. The van der Waals surface area contributed by atoms with Gasteiger partial charge < -0.3 is 9.66 Å². The van der Waals surface area contributed by atoms with E-state index in [1.165, 1.54) is 0 Å². The van der Waals surface area contributed by atoms with Crippen molar-refractivity contribution in [1.82, 2.24) is 0 Å². The molecule has 0 aliphatic carbocycles. The van der Waals surface area contributed by atoms with Gasteiger partial charge >= 0.3 is 0 Å². The van der Waals surface area contributed by atoms with E-state index in [4.69, 9.17) is 0 Å². The number of nitrogens with zero attached hydrogens (tertiary/aromatic N) is 1. The fraction of sp³-hybridized carbons (Fsp3) is 0.444. The van der Waals surface area contributed by atoms with Crippen LogP contribution in [0.1, 0.15) is 5.56 Å². The Hall–Kier alpha value is -0.980. The molecule has 0 bridgehead atoms. The molecule has 0 radical (unpaired) electrons. The first-order chi connectivity index (χ1) is 6.87. The third-order valence-corrected chi connectivity index (χ3v) is 2.67. The summed E-state index contributed by atoms with van der Waals surface area (Å²) in [5.41, 5.74) is 1.07. The molecule has 1 N–H and O–H groups in total. The molecule has 0 fully saturated rings. The predicted octanol–water partition coefficient (Wildman–Crippen LogP) is -0.811. The lowest BCUT2D eigenvalue weighted by molar-refractivity contribution is -0.703. The minimum atomic E-state index is -4.36. The molecule has 0 saturated carbocycles. The van der Waals surface area contributed by atoms with Gasteiger partial charge in [-0.3, -0.25) is 0 Å². The molecule has 6 heteroatoms. The molecule has 1 heterocycles. The smallest absolute Gasteiger partial charge is 0.175 e. The lowest BCUT2D eigenvalue weighted by Gasteiger charge is -2.10. The SMILES string of the molecule is Cc1cc[n+](CC(O)CS(=O)(=O)[O-])cc1. The van der Waals surface area contributed by atoms with Crippen LogP contribution in [-0.4, -0.2) is 29.9 Å². The zero-order chi connectivity index (χ0) is 11.5. The van der Waals surface area contributed by atoms with Crippen molar-refractivity contribution in [2.45, 2.75) is 19.6 Å². The second-order valence-electron chi connectivity index (χ2n) is 3.45. The van der Waals surface area contributed by atoms with Crippen molar-refractivity contribution in [2.75, 3.05) is 5.75 Å². The highest BCUT2D eigenvalue weighted by Gasteiger charge is 2.13. The van der Waals surface area contributed by atoms with E-state index in [0.717, 1.165) is 5.56 Å². The number of aliphatic hydroxyl groups excluding tert-OH is 1. The topological polar surface area (TPSA) is 81.3 Å². The van der Waals surface area contributed by atoms with Crippen LogP contribution in [0.5, 0.6) is 0 Å². The number of rotatable bonds is 4. The fourth-order valence-corrected chi connectivity index (χ4v) is 1.76. The maximum atomic E-state index is 10.4. The molecule has 1 unspecified atom stereocenters. The van der Waals surface area contributed by atoms with Gasteiger partial charge in [-0.05, 0) is 12.5 Å². The first kappa shape index (κ1) is 12.1. The molecule has 0 aliphatic rings. The standard InChI is InChI=1S/C9H13NO4S/c1-8-2-4-10(5-3-8)6-9(11)7-15(12,13)14/h2-5,9,11H,6-7H2,1H3. The van der Waals surface area contributed by atoms with Crippen LogP contribution in [0.15, 0.2) is 24.5 Å². The van der Waals surface area contributed by atoms with E-state index < -0.39 is 22.0 Å². The molecule has 15 heavy (non-hydrogen) atoms. The van der Waals surface area contributed by atoms with Crippen molar-refractivity contribution in [2.24, 2.45) is 0 Å². The Morgan fingerprint density at radius 1 is 1.47 bits per heavy atom. The number of hydrogen-bond acceptors (Lipinski definition) is 4. The zero-order valence-electron chi connectivity index (χ0n) is 8.33. The van der Waals surface area contributed by atoms with Crippen LogP contribution >= 0.6 is 0 Å². The second kappa shape index (κ2) is 4.69. The zero-order valence-corrected chi connectivity index (χ0v) is 9.14. The Labute approximate surface area is 88.7 Å². The molecule has 1 rings (SSSR count). The van der Waals surface area contributed by atoms with Gasteiger partial charge in [-0.1, -0.05) is 0 Å². The molecule has 0 aliphatic heterocycles. The van der Waals surface area contributed by atoms with E-state index in [0.29, 0.717) is 0 Å². The van der Waals surface area contributed by atoms with Crippen molar-refractivity contribution in [3.8, 4) is 0 Å². The average molecular weight is 231 g/mol. The lowest BCUT2D eigenvalue weighted by Crippen LogP contribution is -2.41. The van der Waals surface area contributed by atoms with Crippen LogP contribution in [0.4, 0.5) is 0 Å². The maximum Gasteiger partial charge on any atom is 0.175 e. The third-order valence-electron chi connectivity index (χ3n) is 1.88. The van der Waals surface area contributed by atoms with Crippen LogP contribution in [0.25, 0.3) is 0 Å². The van der Waals surface area contributed by atoms with E-state index in [-0.39, 0.29) is 6.54 Å². The molecule has 0 aromatic carbocycles. The molecule has 5 nitrogen and oxygen atoms in total. The van der Waals surface area contributed by atoms with Crippen molar-refractivity contribution in [3.63, 3.8) is 0 Å². The van der Waals surface area contributed by atoms with Gasteiger partial charge in [-0.2, -0.15) is 0 Å². The number of aromatic nitrogens is 1. The normalized spacial score (nSPS) is 13.8. The molecular weight excluding hydrogens is 218 g/mol. The summed E-state index contributed by atoms with van der Waals surface area (Å²) in [4.78, 5) is 0. The van der Waals surface area contributed by atoms with E-state index in [1.807, 2.05) is 19.1 Å². The van der Waals surface area contributed by atoms with Crippen LogP contribution in [0, 0.1) is 6.92 Å². The van der Waals surface area contributed by atoms with Gasteiger partial charge in [0.2, 0.25) is 0 Å². The monoisotopic (exact) mass is 231 g/mol. The Morgan fingerprint density at radius 3 is 2.47 bits per heavy atom. The lowest BCUT2D eigenvalue weighted by atomic mass is 10.3. The highest BCUT2D eigenvalue weighted by atomic mass is 32.2. The minimum Gasteiger partial charge on any atom is -0.748 e. The largest absolute Gasteiger partial charge is 0.748 e. The first-order valence-corrected chi connectivity index (χ1v) is 6.02. The van der Waals surface area contributed by atoms with Crippen molar-refractivity contribution < 1.29 is 22.6 Å². The Kier molecular flexibility index (Phi) is 3.78. The average Bonchev–Trinajstić information content (AvgIpc) is 2.05. The number of hydrogen-bond donors (Lipinski definition) is 1. The third kappa shape index (κ3) is 4.87. The van der Waals surface area contributed by atoms with Crippen molar-refractivity contribution in [3.05, 3.63) is 30.1 Å². The molecule has 84 valence electrons. The summed E-state index contributed by atoms with van der Waals surface area (Å²) in [5.74, 6) is -0.756. The van der Waals surface area contributed by atoms with E-state index in [2.05, 4.69) is 0 Å². The van der Waals surface area contributed by atoms with Crippen LogP contribution in [-0.2, 0) is 16.7 Å². The van der Waals surface area contributed by atoms with Crippen LogP contribution < -0.4 is 4.57 Å². The predicted molar refractivity (Wildman–Crippen MR) is 51.9 cm³/mol. The van der Waals surface area contributed by atoms with Gasteiger partial charge in [-0.15, -0.1) is 0 Å². The van der Waals surface area contributed by atoms with Gasteiger partial charge in [-0.25, -0.2) is 13.0 Å². The molecular formula is C9H13NO4S. The van der Waals surface area contributed by atoms with Gasteiger partial charge in [0.1, 0.15) is 6.10 Å². The second-order valence-corrected chi connectivity index (χ2v) is 4.90. The highest BCUT2D eigenvalue weighted by molar-refractivity contribution is 7.85. The number of pyridine rings is 1. The Morgan fingerprint density at radius 2 is 2.00 bits per heavy atom. The van der Waals surface area contributed by atoms with Crippen LogP contribution in [0.2, 0.25) is 0 Å². The Balaban J connectivity index is 2.59. The van der Waals surface area contributed by atoms with Gasteiger partial charge in [0, 0.05) is 12.1 Å². The van der Waals surface area contributed by atoms with Crippen molar-refractivity contribution in [1.29, 1.82) is 0 Å². The Bertz CT molecular complexity index is 412. The first-order valence-electron chi connectivity index (χ1n) is 4.44. The summed E-state index contributed by atoms with van der Waals surface area (Å²) < 4.78 is 32.7. The molecule has 1 aromatic heterocycles. The van der Waals surface area contributed by atoms with Crippen LogP contribution in [0.3, 0.4) is 0 Å². The van der Waals surface area contributed by atoms with Gasteiger partial charge in [0.05, 0.1) is 15.9 Å². The van der Waals surface area contributed by atoms with Gasteiger partial charge in [0.25, 0.3) is 0 Å². The summed E-state index contributed by atoms with van der Waals surface area (Å²) in [7, 11) is -4.36. The highest BCUT2D eigenvalue weighted by Crippen LogP contribution is 1.93. The number of aliphatic hydroxyl groups is 1. The van der Waals surface area contributed by atoms with Crippen molar-refractivity contribution >= 4 is 10.1 Å².